The second kappa shape index (κ2) is 12.3. The first-order valence-corrected chi connectivity index (χ1v) is 19.0. The van der Waals surface area contributed by atoms with E-state index in [1.807, 2.05) is 25.5 Å². The molecule has 0 fully saturated rings. The lowest BCUT2D eigenvalue weighted by Crippen LogP contribution is -2.02. The predicted molar refractivity (Wildman–Crippen MR) is 208 cm³/mol. The molecule has 230 valence electrons. The van der Waals surface area contributed by atoms with Gasteiger partial charge in [0.1, 0.15) is 7.14 Å². The van der Waals surface area contributed by atoms with Gasteiger partial charge in [-0.25, -0.2) is 0 Å². The van der Waals surface area contributed by atoms with Gasteiger partial charge >= 0.3 is 0 Å². The molecule has 0 radical (unpaired) electrons. The van der Waals surface area contributed by atoms with E-state index in [-0.39, 0.29) is 0 Å². The summed E-state index contributed by atoms with van der Waals surface area (Å²) < 4.78 is 12.9. The highest BCUT2D eigenvalue weighted by Crippen LogP contribution is 2.46. The van der Waals surface area contributed by atoms with Crippen molar-refractivity contribution in [1.82, 2.24) is 0 Å². The van der Waals surface area contributed by atoms with Crippen molar-refractivity contribution in [2.75, 3.05) is 13.3 Å². The van der Waals surface area contributed by atoms with Gasteiger partial charge in [-0.1, -0.05) is 146 Å². The molecule has 8 aromatic carbocycles. The third-order valence-corrected chi connectivity index (χ3v) is 10.8. The van der Waals surface area contributed by atoms with Crippen LogP contribution < -0.4 is 5.30 Å². The van der Waals surface area contributed by atoms with Gasteiger partial charge in [0, 0.05) is 5.30 Å². The van der Waals surface area contributed by atoms with E-state index >= 15 is 0 Å². The first kappa shape index (κ1) is 29.9. The van der Waals surface area contributed by atoms with Gasteiger partial charge in [-0.05, 0) is 121 Å². The lowest BCUT2D eigenvalue weighted by atomic mass is 9.84. The minimum Gasteiger partial charge on any atom is -0.319 e. The Morgan fingerprint density at radius 3 is 1.17 bits per heavy atom. The van der Waals surface area contributed by atoms with Crippen molar-refractivity contribution < 1.29 is 4.57 Å². The number of fused-ring (bicyclic) bond motifs is 2. The van der Waals surface area contributed by atoms with E-state index < -0.39 is 7.14 Å². The Morgan fingerprint density at radius 1 is 0.312 bits per heavy atom. The molecule has 0 bridgehead atoms. The highest BCUT2D eigenvalue weighted by atomic mass is 31.2. The zero-order chi connectivity index (χ0) is 32.7. The second-order valence-corrected chi connectivity index (χ2v) is 16.1. The highest BCUT2D eigenvalue weighted by Gasteiger charge is 2.19. The van der Waals surface area contributed by atoms with E-state index in [4.69, 9.17) is 0 Å². The molecule has 8 rings (SSSR count). The first-order valence-electron chi connectivity index (χ1n) is 16.4. The Morgan fingerprint density at radius 2 is 0.667 bits per heavy atom. The molecule has 0 amide bonds. The predicted octanol–water partition coefficient (Wildman–Crippen LogP) is 12.6. The maximum Gasteiger partial charge on any atom is 0.109 e. The fourth-order valence-corrected chi connectivity index (χ4v) is 7.89. The summed E-state index contributed by atoms with van der Waals surface area (Å²) in [6, 6.07) is 63.0. The summed E-state index contributed by atoms with van der Waals surface area (Å²) in [4.78, 5) is 0. The minimum absolute atomic E-state index is 0.901. The molecule has 0 aromatic heterocycles. The zero-order valence-electron chi connectivity index (χ0n) is 27.1. The average Bonchev–Trinajstić information content (AvgIpc) is 3.14. The van der Waals surface area contributed by atoms with Crippen LogP contribution in [0, 0.1) is 0 Å². The molecular formula is C46H35OP. The second-order valence-electron chi connectivity index (χ2n) is 12.9. The molecule has 0 aliphatic heterocycles. The molecule has 48 heavy (non-hydrogen) atoms. The minimum atomic E-state index is -2.38. The summed E-state index contributed by atoms with van der Waals surface area (Å²) in [6.07, 6.45) is 0. The quantitative estimate of drug-likeness (QED) is 0.131. The Balaban J connectivity index is 1.39. The van der Waals surface area contributed by atoms with E-state index in [1.165, 1.54) is 60.5 Å². The fraction of sp³-hybridized carbons (Fsp3) is 0.0435. The molecule has 0 heterocycles. The van der Waals surface area contributed by atoms with Gasteiger partial charge < -0.3 is 4.57 Å². The largest absolute Gasteiger partial charge is 0.319 e. The lowest BCUT2D eigenvalue weighted by Gasteiger charge is -2.19. The standard InChI is InChI=1S/C46H35OP/c1-48(2,47)40-22-14-20-35(31-40)34-19-13-21-36(27-34)45-41-23-9-11-25-43(41)46(44-26-12-10-24-42(44)45)39-29-37(32-15-5-3-6-16-32)28-38(30-39)33-17-7-4-8-18-33/h3-31H,1-2H3. The van der Waals surface area contributed by atoms with Crippen molar-refractivity contribution in [3.8, 4) is 55.6 Å². The van der Waals surface area contributed by atoms with Gasteiger partial charge in [0.2, 0.25) is 0 Å². The van der Waals surface area contributed by atoms with E-state index in [2.05, 4.69) is 164 Å². The molecule has 0 aliphatic carbocycles. The number of benzene rings is 8. The third kappa shape index (κ3) is 5.57. The smallest absolute Gasteiger partial charge is 0.109 e. The van der Waals surface area contributed by atoms with Gasteiger partial charge in [0.05, 0.1) is 0 Å². The van der Waals surface area contributed by atoms with Gasteiger partial charge in [-0.2, -0.15) is 0 Å². The molecule has 0 saturated heterocycles. The van der Waals surface area contributed by atoms with Crippen molar-refractivity contribution in [1.29, 1.82) is 0 Å². The molecule has 1 nitrogen and oxygen atoms in total. The fourth-order valence-electron chi connectivity index (χ4n) is 6.99. The molecule has 0 atom stereocenters. The van der Waals surface area contributed by atoms with Crippen LogP contribution in [0.2, 0.25) is 0 Å². The van der Waals surface area contributed by atoms with Crippen LogP contribution >= 0.6 is 7.14 Å². The van der Waals surface area contributed by atoms with E-state index in [0.29, 0.717) is 0 Å². The normalized spacial score (nSPS) is 11.6. The summed E-state index contributed by atoms with van der Waals surface area (Å²) in [5.74, 6) is 0. The van der Waals surface area contributed by atoms with Crippen LogP contribution in [0.1, 0.15) is 0 Å². The molecule has 0 unspecified atom stereocenters. The van der Waals surface area contributed by atoms with Gasteiger partial charge in [0.15, 0.2) is 0 Å². The maximum absolute atomic E-state index is 12.9. The molecule has 0 saturated carbocycles. The number of hydrogen-bond donors (Lipinski definition) is 0. The van der Waals surface area contributed by atoms with Crippen molar-refractivity contribution >= 4 is 34.0 Å². The lowest BCUT2D eigenvalue weighted by molar-refractivity contribution is 0.588. The van der Waals surface area contributed by atoms with Gasteiger partial charge in [0.25, 0.3) is 0 Å². The van der Waals surface area contributed by atoms with Crippen LogP contribution in [0.15, 0.2) is 176 Å². The summed E-state index contributed by atoms with van der Waals surface area (Å²) in [6.45, 7) is 3.67. The molecule has 0 aliphatic rings. The number of hydrogen-bond acceptors (Lipinski definition) is 1. The summed E-state index contributed by atoms with van der Waals surface area (Å²) >= 11 is 0. The topological polar surface area (TPSA) is 17.1 Å². The summed E-state index contributed by atoms with van der Waals surface area (Å²) in [5.41, 5.74) is 11.8. The molecule has 0 spiro atoms. The van der Waals surface area contributed by atoms with Gasteiger partial charge in [-0.3, -0.25) is 0 Å². The maximum atomic E-state index is 12.9. The zero-order valence-corrected chi connectivity index (χ0v) is 28.0. The molecular weight excluding hydrogens is 599 g/mol. The van der Waals surface area contributed by atoms with Crippen molar-refractivity contribution in [2.24, 2.45) is 0 Å². The Hall–Kier alpha value is -5.49. The Bertz CT molecular complexity index is 2370. The van der Waals surface area contributed by atoms with Crippen LogP contribution in [0.3, 0.4) is 0 Å². The summed E-state index contributed by atoms with van der Waals surface area (Å²) in [5, 5.41) is 5.78. The average molecular weight is 635 g/mol. The van der Waals surface area contributed by atoms with Crippen LogP contribution in [0.4, 0.5) is 0 Å². The van der Waals surface area contributed by atoms with E-state index in [9.17, 15) is 4.57 Å². The Kier molecular flexibility index (Phi) is 7.64. The third-order valence-electron chi connectivity index (χ3n) is 9.32. The van der Waals surface area contributed by atoms with Crippen molar-refractivity contribution in [2.45, 2.75) is 0 Å². The van der Waals surface area contributed by atoms with Crippen molar-refractivity contribution in [3.05, 3.63) is 176 Å². The van der Waals surface area contributed by atoms with Crippen LogP contribution in [0.5, 0.6) is 0 Å². The summed E-state index contributed by atoms with van der Waals surface area (Å²) in [7, 11) is -2.38. The highest BCUT2D eigenvalue weighted by molar-refractivity contribution is 7.70. The van der Waals surface area contributed by atoms with Crippen molar-refractivity contribution in [3.63, 3.8) is 0 Å². The SMILES string of the molecule is CP(C)(=O)c1cccc(-c2cccc(-c3c4ccccc4c(-c4cc(-c5ccccc5)cc(-c5ccccc5)c4)c4ccccc34)c2)c1. The number of rotatable bonds is 6. The van der Waals surface area contributed by atoms with Crippen LogP contribution in [-0.4, -0.2) is 13.3 Å². The molecule has 2 heteroatoms. The van der Waals surface area contributed by atoms with E-state index in [0.717, 1.165) is 22.0 Å². The molecule has 0 N–H and O–H groups in total. The Labute approximate surface area is 282 Å². The molecule has 8 aromatic rings. The van der Waals surface area contributed by atoms with Crippen LogP contribution in [0.25, 0.3) is 77.2 Å². The van der Waals surface area contributed by atoms with E-state index in [1.54, 1.807) is 0 Å². The van der Waals surface area contributed by atoms with Gasteiger partial charge in [-0.15, -0.1) is 0 Å². The first-order chi connectivity index (χ1) is 23.4. The van der Waals surface area contributed by atoms with Crippen LogP contribution in [-0.2, 0) is 4.57 Å². The monoisotopic (exact) mass is 634 g/mol.